The molecular formula is C30H27O4P. The fourth-order valence-corrected chi connectivity index (χ4v) is 5.37. The smallest absolute Gasteiger partial charge is 0.386 e. The van der Waals surface area contributed by atoms with Gasteiger partial charge in [0.05, 0.1) is 0 Å². The minimum absolute atomic E-state index is 0.425. The van der Waals surface area contributed by atoms with Crippen LogP contribution in [0.4, 0.5) is 0 Å². The standard InChI is InChI=1S/C30H27O4P/c1-2-3-10-23-19-21-26(22-20-23)32-35(31,33-29-17-8-13-24-11-4-6-15-27(24)29)34-30-18-9-14-25-12-5-7-16-28(25)30/h4-9,11-22H,2-3,10H2,1H3. The van der Waals surface area contributed by atoms with Crippen LogP contribution in [0.5, 0.6) is 17.2 Å². The molecule has 5 aromatic rings. The lowest BCUT2D eigenvalue weighted by Crippen LogP contribution is -2.08. The number of hydrogen-bond donors (Lipinski definition) is 0. The van der Waals surface area contributed by atoms with Gasteiger partial charge in [0, 0.05) is 10.8 Å². The maximum absolute atomic E-state index is 14.2. The summed E-state index contributed by atoms with van der Waals surface area (Å²) in [5.74, 6) is 1.30. The van der Waals surface area contributed by atoms with Gasteiger partial charge in [0.15, 0.2) is 0 Å². The van der Waals surface area contributed by atoms with Gasteiger partial charge in [-0.25, -0.2) is 0 Å². The molecule has 0 saturated carbocycles. The van der Waals surface area contributed by atoms with E-state index in [0.717, 1.165) is 40.8 Å². The van der Waals surface area contributed by atoms with E-state index in [4.69, 9.17) is 13.6 Å². The van der Waals surface area contributed by atoms with Gasteiger partial charge in [0.2, 0.25) is 0 Å². The van der Waals surface area contributed by atoms with Gasteiger partial charge in [0.25, 0.3) is 0 Å². The molecule has 5 heteroatoms. The van der Waals surface area contributed by atoms with E-state index in [1.54, 1.807) is 12.1 Å². The van der Waals surface area contributed by atoms with Crippen molar-refractivity contribution < 1.29 is 18.1 Å². The second-order valence-electron chi connectivity index (χ2n) is 8.42. The first-order valence-corrected chi connectivity index (χ1v) is 13.3. The summed E-state index contributed by atoms with van der Waals surface area (Å²) in [5.41, 5.74) is 1.21. The monoisotopic (exact) mass is 482 g/mol. The summed E-state index contributed by atoms with van der Waals surface area (Å²) in [6.07, 6.45) is 3.24. The van der Waals surface area contributed by atoms with Crippen LogP contribution >= 0.6 is 7.82 Å². The number of fused-ring (bicyclic) bond motifs is 2. The van der Waals surface area contributed by atoms with Gasteiger partial charge in [-0.15, -0.1) is 0 Å². The predicted octanol–water partition coefficient (Wildman–Crippen LogP) is 8.98. The lowest BCUT2D eigenvalue weighted by Gasteiger charge is -2.21. The number of benzene rings is 5. The third-order valence-electron chi connectivity index (χ3n) is 5.88. The Hall–Kier alpha value is -3.75. The van der Waals surface area contributed by atoms with Crippen LogP contribution in [0.2, 0.25) is 0 Å². The number of rotatable bonds is 9. The number of phosphoric ester groups is 1. The maximum atomic E-state index is 14.2. The first-order valence-electron chi connectivity index (χ1n) is 11.9. The van der Waals surface area contributed by atoms with Crippen molar-refractivity contribution in [3.8, 4) is 17.2 Å². The van der Waals surface area contributed by atoms with Gasteiger partial charge in [0.1, 0.15) is 17.2 Å². The van der Waals surface area contributed by atoms with Gasteiger partial charge in [-0.05, 0) is 53.4 Å². The first kappa shape index (κ1) is 23.0. The van der Waals surface area contributed by atoms with Crippen LogP contribution < -0.4 is 13.6 Å². The average molecular weight is 483 g/mol. The van der Waals surface area contributed by atoms with E-state index in [1.165, 1.54) is 5.56 Å². The van der Waals surface area contributed by atoms with Crippen LogP contribution in [0.1, 0.15) is 25.3 Å². The third-order valence-corrected chi connectivity index (χ3v) is 7.15. The van der Waals surface area contributed by atoms with E-state index < -0.39 is 7.82 Å². The summed E-state index contributed by atoms with van der Waals surface area (Å²) in [6.45, 7) is 2.17. The Labute approximate surface area is 205 Å². The molecule has 4 nitrogen and oxygen atoms in total. The van der Waals surface area contributed by atoms with E-state index in [9.17, 15) is 4.57 Å². The fraction of sp³-hybridized carbons (Fsp3) is 0.133. The summed E-state index contributed by atoms with van der Waals surface area (Å²) < 4.78 is 32.3. The molecule has 0 heterocycles. The van der Waals surface area contributed by atoms with Crippen LogP contribution in [0.25, 0.3) is 21.5 Å². The number of hydrogen-bond acceptors (Lipinski definition) is 4. The molecule has 0 bridgehead atoms. The molecule has 0 aliphatic rings. The number of aryl methyl sites for hydroxylation is 1. The molecule has 0 amide bonds. The van der Waals surface area contributed by atoms with E-state index >= 15 is 0 Å². The van der Waals surface area contributed by atoms with Crippen LogP contribution in [0, 0.1) is 0 Å². The van der Waals surface area contributed by atoms with Crippen molar-refractivity contribution >= 4 is 29.4 Å². The summed E-state index contributed by atoms with van der Waals surface area (Å²) in [6, 6.07) is 34.4. The van der Waals surface area contributed by atoms with E-state index in [0.29, 0.717) is 17.2 Å². The second kappa shape index (κ2) is 10.2. The van der Waals surface area contributed by atoms with Crippen molar-refractivity contribution in [3.63, 3.8) is 0 Å². The number of unbranched alkanes of at least 4 members (excludes halogenated alkanes) is 1. The maximum Gasteiger partial charge on any atom is 0.647 e. The Balaban J connectivity index is 1.52. The lowest BCUT2D eigenvalue weighted by molar-refractivity contribution is 0.300. The SMILES string of the molecule is CCCCc1ccc(OP(=O)(Oc2cccc3ccccc23)Oc2cccc3ccccc23)cc1. The van der Waals surface area contributed by atoms with Gasteiger partial charge in [-0.2, -0.15) is 4.57 Å². The van der Waals surface area contributed by atoms with Crippen LogP contribution in [-0.4, -0.2) is 0 Å². The normalized spacial score (nSPS) is 11.5. The minimum atomic E-state index is -4.13. The van der Waals surface area contributed by atoms with Gasteiger partial charge < -0.3 is 13.6 Å². The van der Waals surface area contributed by atoms with Gasteiger partial charge in [-0.1, -0.05) is 98.3 Å². The summed E-state index contributed by atoms with van der Waals surface area (Å²) in [7, 11) is -4.13. The molecule has 0 N–H and O–H groups in total. The average Bonchev–Trinajstić information content (AvgIpc) is 2.89. The Kier molecular flexibility index (Phi) is 6.74. The van der Waals surface area contributed by atoms with E-state index in [2.05, 4.69) is 6.92 Å². The van der Waals surface area contributed by atoms with Crippen LogP contribution in [-0.2, 0) is 11.0 Å². The van der Waals surface area contributed by atoms with E-state index in [-0.39, 0.29) is 0 Å². The molecule has 35 heavy (non-hydrogen) atoms. The first-order chi connectivity index (χ1) is 17.1. The van der Waals surface area contributed by atoms with Gasteiger partial charge >= 0.3 is 7.82 Å². The number of phosphoric acid groups is 1. The predicted molar refractivity (Wildman–Crippen MR) is 142 cm³/mol. The molecule has 0 fully saturated rings. The molecule has 0 aliphatic heterocycles. The quantitative estimate of drug-likeness (QED) is 0.197. The van der Waals surface area contributed by atoms with Gasteiger partial charge in [-0.3, -0.25) is 0 Å². The highest BCUT2D eigenvalue weighted by molar-refractivity contribution is 7.49. The zero-order chi connectivity index (χ0) is 24.1. The summed E-state index contributed by atoms with van der Waals surface area (Å²) >= 11 is 0. The second-order valence-corrected chi connectivity index (χ2v) is 9.87. The Morgan fingerprint density at radius 2 is 1.11 bits per heavy atom. The highest BCUT2D eigenvalue weighted by atomic mass is 31.2. The Morgan fingerprint density at radius 1 is 0.600 bits per heavy atom. The zero-order valence-electron chi connectivity index (χ0n) is 19.6. The van der Waals surface area contributed by atoms with Crippen LogP contribution in [0.3, 0.4) is 0 Å². The van der Waals surface area contributed by atoms with Crippen molar-refractivity contribution in [2.45, 2.75) is 26.2 Å². The molecule has 5 aromatic carbocycles. The van der Waals surface area contributed by atoms with Crippen molar-refractivity contribution in [2.24, 2.45) is 0 Å². The lowest BCUT2D eigenvalue weighted by atomic mass is 10.1. The Morgan fingerprint density at radius 3 is 1.66 bits per heavy atom. The molecule has 0 atom stereocenters. The zero-order valence-corrected chi connectivity index (χ0v) is 20.5. The third kappa shape index (κ3) is 5.34. The molecule has 0 spiro atoms. The molecule has 0 unspecified atom stereocenters. The molecule has 0 saturated heterocycles. The van der Waals surface area contributed by atoms with E-state index in [1.807, 2.05) is 97.1 Å². The van der Waals surface area contributed by atoms with Crippen molar-refractivity contribution in [1.82, 2.24) is 0 Å². The molecule has 5 rings (SSSR count). The summed E-state index contributed by atoms with van der Waals surface area (Å²) in [5, 5.41) is 3.61. The summed E-state index contributed by atoms with van der Waals surface area (Å²) in [4.78, 5) is 0. The fourth-order valence-electron chi connectivity index (χ4n) is 4.07. The topological polar surface area (TPSA) is 44.8 Å². The van der Waals surface area contributed by atoms with Crippen molar-refractivity contribution in [3.05, 3.63) is 115 Å². The largest absolute Gasteiger partial charge is 0.647 e. The molecule has 0 aliphatic carbocycles. The van der Waals surface area contributed by atoms with Crippen molar-refractivity contribution in [1.29, 1.82) is 0 Å². The molecule has 0 aromatic heterocycles. The molecule has 176 valence electrons. The highest BCUT2D eigenvalue weighted by Crippen LogP contribution is 2.52. The highest BCUT2D eigenvalue weighted by Gasteiger charge is 2.34. The molecule has 0 radical (unpaired) electrons. The van der Waals surface area contributed by atoms with Crippen LogP contribution in [0.15, 0.2) is 109 Å². The Bertz CT molecular complexity index is 1400. The minimum Gasteiger partial charge on any atom is -0.386 e. The molecular weight excluding hydrogens is 455 g/mol. The van der Waals surface area contributed by atoms with Crippen molar-refractivity contribution in [2.75, 3.05) is 0 Å².